The summed E-state index contributed by atoms with van der Waals surface area (Å²) in [6, 6.07) is 3.28. The van der Waals surface area contributed by atoms with Crippen LogP contribution in [0.25, 0.3) is 0 Å². The zero-order valence-corrected chi connectivity index (χ0v) is 12.7. The van der Waals surface area contributed by atoms with Gasteiger partial charge in [-0.15, -0.1) is 0 Å². The molecule has 21 heavy (non-hydrogen) atoms. The zero-order valence-electron chi connectivity index (χ0n) is 12.7. The van der Waals surface area contributed by atoms with E-state index in [0.717, 1.165) is 6.42 Å². The molecule has 0 bridgehead atoms. The van der Waals surface area contributed by atoms with Gasteiger partial charge in [0.1, 0.15) is 0 Å². The average molecular weight is 293 g/mol. The fourth-order valence-electron chi connectivity index (χ4n) is 2.17. The first-order chi connectivity index (χ1) is 9.90. The molecule has 116 valence electrons. The molecule has 1 rings (SSSR count). The minimum absolute atomic E-state index is 0.0613. The average Bonchev–Trinajstić information content (AvgIpc) is 2.43. The fraction of sp³-hybridized carbons (Fsp3) is 0.533. The highest BCUT2D eigenvalue weighted by Crippen LogP contribution is 2.15. The van der Waals surface area contributed by atoms with Crippen LogP contribution >= 0.6 is 0 Å². The number of nitrogens with zero attached hydrogens (tertiary/aromatic N) is 2. The van der Waals surface area contributed by atoms with Crippen LogP contribution in [0.4, 0.5) is 10.5 Å². The number of anilines is 1. The van der Waals surface area contributed by atoms with E-state index in [2.05, 4.69) is 10.3 Å². The van der Waals surface area contributed by atoms with Crippen molar-refractivity contribution in [2.45, 2.75) is 26.7 Å². The van der Waals surface area contributed by atoms with Crippen LogP contribution in [-0.4, -0.2) is 35.7 Å². The van der Waals surface area contributed by atoms with E-state index < -0.39 is 5.97 Å². The lowest BCUT2D eigenvalue weighted by molar-refractivity contribution is -0.138. The van der Waals surface area contributed by atoms with Crippen molar-refractivity contribution in [2.75, 3.05) is 18.5 Å². The molecule has 1 aromatic heterocycles. The van der Waals surface area contributed by atoms with E-state index in [-0.39, 0.29) is 18.4 Å². The van der Waals surface area contributed by atoms with Crippen LogP contribution in [0.1, 0.15) is 26.7 Å². The lowest BCUT2D eigenvalue weighted by Gasteiger charge is -2.21. The maximum absolute atomic E-state index is 12.1. The molecule has 1 aromatic rings. The Bertz CT molecular complexity index is 462. The van der Waals surface area contributed by atoms with Crippen molar-refractivity contribution in [3.63, 3.8) is 0 Å². The smallest absolute Gasteiger partial charge is 0.321 e. The van der Waals surface area contributed by atoms with Crippen molar-refractivity contribution in [3.8, 4) is 0 Å². The summed E-state index contributed by atoms with van der Waals surface area (Å²) in [5.41, 5.74) is 0.689. The molecule has 0 aliphatic heterocycles. The summed E-state index contributed by atoms with van der Waals surface area (Å²) in [6.45, 7) is 4.44. The summed E-state index contributed by atoms with van der Waals surface area (Å²) in [5.74, 6) is -0.508. The van der Waals surface area contributed by atoms with Gasteiger partial charge >= 0.3 is 12.0 Å². The number of urea groups is 1. The summed E-state index contributed by atoms with van der Waals surface area (Å²) in [4.78, 5) is 28.3. The van der Waals surface area contributed by atoms with Gasteiger partial charge in [0.2, 0.25) is 0 Å². The third-order valence-corrected chi connectivity index (χ3v) is 3.15. The zero-order chi connectivity index (χ0) is 15.8. The van der Waals surface area contributed by atoms with E-state index in [9.17, 15) is 9.59 Å². The summed E-state index contributed by atoms with van der Waals surface area (Å²) >= 11 is 0. The third kappa shape index (κ3) is 6.25. The van der Waals surface area contributed by atoms with Crippen molar-refractivity contribution in [1.82, 2.24) is 10.3 Å². The number of carboxylic acid groups (broad SMARTS) is 1. The normalized spacial score (nSPS) is 12.0. The molecule has 0 saturated heterocycles. The summed E-state index contributed by atoms with van der Waals surface area (Å²) in [6.07, 6.45) is 4.07. The maximum Gasteiger partial charge on any atom is 0.321 e. The van der Waals surface area contributed by atoms with Crippen LogP contribution in [0, 0.1) is 11.8 Å². The van der Waals surface area contributed by atoms with E-state index in [1.54, 1.807) is 31.6 Å². The second-order valence-corrected chi connectivity index (χ2v) is 5.55. The maximum atomic E-state index is 12.1. The topological polar surface area (TPSA) is 82.5 Å². The first-order valence-corrected chi connectivity index (χ1v) is 7.03. The second-order valence-electron chi connectivity index (χ2n) is 5.55. The van der Waals surface area contributed by atoms with Gasteiger partial charge in [-0.05, 0) is 30.4 Å². The molecule has 0 aromatic carbocycles. The van der Waals surface area contributed by atoms with Crippen molar-refractivity contribution < 1.29 is 14.7 Å². The molecular formula is C15H23N3O3. The number of aliphatic carboxylic acids is 1. The first-order valence-electron chi connectivity index (χ1n) is 7.03. The number of carbonyl (C=O) groups excluding carboxylic acids is 1. The molecule has 0 spiro atoms. The van der Waals surface area contributed by atoms with Crippen molar-refractivity contribution in [1.29, 1.82) is 0 Å². The largest absolute Gasteiger partial charge is 0.481 e. The number of amides is 2. The van der Waals surface area contributed by atoms with Crippen molar-refractivity contribution in [3.05, 3.63) is 24.5 Å². The number of carbonyl (C=O) groups is 2. The van der Waals surface area contributed by atoms with Gasteiger partial charge in [0.25, 0.3) is 0 Å². The molecule has 0 aliphatic rings. The van der Waals surface area contributed by atoms with Crippen LogP contribution in [0.2, 0.25) is 0 Å². The number of nitrogens with one attached hydrogen (secondary N) is 1. The Labute approximate surface area is 125 Å². The van der Waals surface area contributed by atoms with Crippen molar-refractivity contribution >= 4 is 17.7 Å². The van der Waals surface area contributed by atoms with Gasteiger partial charge < -0.3 is 10.4 Å². The Morgan fingerprint density at radius 3 is 2.67 bits per heavy atom. The highest BCUT2D eigenvalue weighted by Gasteiger charge is 2.17. The van der Waals surface area contributed by atoms with Crippen LogP contribution < -0.4 is 10.2 Å². The second kappa shape index (κ2) is 8.24. The molecule has 1 heterocycles. The molecule has 1 atom stereocenters. The highest BCUT2D eigenvalue weighted by molar-refractivity contribution is 5.91. The number of hydrogen-bond acceptors (Lipinski definition) is 3. The number of carboxylic acids is 1. The van der Waals surface area contributed by atoms with Crippen LogP contribution in [-0.2, 0) is 4.79 Å². The molecule has 0 fully saturated rings. The first kappa shape index (κ1) is 16.9. The van der Waals surface area contributed by atoms with Gasteiger partial charge in [-0.2, -0.15) is 0 Å². The standard InChI is InChI=1S/C15H23N3O3/c1-11(2)7-12(8-14(19)20)9-17-15(21)18(3)13-5-4-6-16-10-13/h4-6,10-12H,7-9H2,1-3H3,(H,17,21)(H,19,20). The predicted octanol–water partition coefficient (Wildman–Crippen LogP) is 2.36. The Morgan fingerprint density at radius 1 is 1.43 bits per heavy atom. The SMILES string of the molecule is CC(C)CC(CNC(=O)N(C)c1cccnc1)CC(=O)O. The molecule has 0 radical (unpaired) electrons. The molecule has 1 unspecified atom stereocenters. The Kier molecular flexibility index (Phi) is 6.65. The molecule has 6 heteroatoms. The lowest BCUT2D eigenvalue weighted by Crippen LogP contribution is -2.40. The number of rotatable bonds is 7. The fourth-order valence-corrected chi connectivity index (χ4v) is 2.17. The van der Waals surface area contributed by atoms with E-state index in [4.69, 9.17) is 5.11 Å². The summed E-state index contributed by atoms with van der Waals surface area (Å²) in [5, 5.41) is 11.7. The van der Waals surface area contributed by atoms with Gasteiger partial charge in [-0.1, -0.05) is 13.8 Å². The van der Waals surface area contributed by atoms with E-state index in [1.165, 1.54) is 4.90 Å². The highest BCUT2D eigenvalue weighted by atomic mass is 16.4. The van der Waals surface area contributed by atoms with Crippen LogP contribution in [0.5, 0.6) is 0 Å². The molecule has 2 amide bonds. The summed E-state index contributed by atoms with van der Waals surface area (Å²) < 4.78 is 0. The third-order valence-electron chi connectivity index (χ3n) is 3.15. The van der Waals surface area contributed by atoms with Gasteiger partial charge in [0.15, 0.2) is 0 Å². The van der Waals surface area contributed by atoms with E-state index >= 15 is 0 Å². The molecule has 0 saturated carbocycles. The number of aromatic nitrogens is 1. The van der Waals surface area contributed by atoms with Crippen LogP contribution in [0.3, 0.4) is 0 Å². The van der Waals surface area contributed by atoms with Crippen LogP contribution in [0.15, 0.2) is 24.5 Å². The van der Waals surface area contributed by atoms with E-state index in [1.807, 2.05) is 13.8 Å². The van der Waals surface area contributed by atoms with Gasteiger partial charge in [0.05, 0.1) is 11.9 Å². The Balaban J connectivity index is 2.54. The monoisotopic (exact) mass is 293 g/mol. The van der Waals surface area contributed by atoms with E-state index in [0.29, 0.717) is 18.2 Å². The number of hydrogen-bond donors (Lipinski definition) is 2. The predicted molar refractivity (Wildman–Crippen MR) is 81.2 cm³/mol. The Hall–Kier alpha value is -2.11. The number of pyridine rings is 1. The Morgan fingerprint density at radius 2 is 2.14 bits per heavy atom. The summed E-state index contributed by atoms with van der Waals surface area (Å²) in [7, 11) is 1.65. The molecule has 2 N–H and O–H groups in total. The van der Waals surface area contributed by atoms with Gasteiger partial charge in [0, 0.05) is 26.2 Å². The minimum Gasteiger partial charge on any atom is -0.481 e. The van der Waals surface area contributed by atoms with Gasteiger partial charge in [-0.3, -0.25) is 14.7 Å². The van der Waals surface area contributed by atoms with Crippen molar-refractivity contribution in [2.24, 2.45) is 11.8 Å². The van der Waals surface area contributed by atoms with Gasteiger partial charge in [-0.25, -0.2) is 4.79 Å². The molecular weight excluding hydrogens is 270 g/mol. The lowest BCUT2D eigenvalue weighted by atomic mass is 9.94. The quantitative estimate of drug-likeness (QED) is 0.808. The molecule has 0 aliphatic carbocycles. The minimum atomic E-state index is -0.837. The molecule has 6 nitrogen and oxygen atoms in total.